The highest BCUT2D eigenvalue weighted by atomic mass is 16.4. The van der Waals surface area contributed by atoms with Crippen molar-refractivity contribution in [1.29, 1.82) is 0 Å². The van der Waals surface area contributed by atoms with E-state index in [1.54, 1.807) is 0 Å². The van der Waals surface area contributed by atoms with E-state index in [1.165, 1.54) is 43.1 Å². The van der Waals surface area contributed by atoms with E-state index in [2.05, 4.69) is 42.5 Å². The number of benzene rings is 5. The molecule has 106 valence electrons. The molecule has 3 heteroatoms. The maximum atomic E-state index is 9.83. The minimum atomic E-state index is -1.46. The molecule has 23 heavy (non-hydrogen) atoms. The van der Waals surface area contributed by atoms with E-state index in [0.29, 0.717) is 5.46 Å². The zero-order valence-electron chi connectivity index (χ0n) is 12.2. The first-order chi connectivity index (χ1) is 11.2. The largest absolute Gasteiger partial charge is 0.489 e. The number of hydrogen-bond acceptors (Lipinski definition) is 2. The van der Waals surface area contributed by atoms with Gasteiger partial charge in [-0.15, -0.1) is 0 Å². The number of rotatable bonds is 1. The molecule has 0 aliphatic rings. The fraction of sp³-hybridized carbons (Fsp3) is 0. The molecule has 6 aromatic carbocycles. The van der Waals surface area contributed by atoms with Gasteiger partial charge >= 0.3 is 7.12 Å². The molecule has 0 saturated carbocycles. The van der Waals surface area contributed by atoms with Crippen LogP contribution in [0, 0.1) is 0 Å². The van der Waals surface area contributed by atoms with Crippen LogP contribution in [0.2, 0.25) is 0 Å². The summed E-state index contributed by atoms with van der Waals surface area (Å²) >= 11 is 0. The highest BCUT2D eigenvalue weighted by Gasteiger charge is 2.24. The second-order valence-corrected chi connectivity index (χ2v) is 6.42. The quantitative estimate of drug-likeness (QED) is 0.360. The van der Waals surface area contributed by atoms with E-state index in [4.69, 9.17) is 0 Å². The Hall–Kier alpha value is -2.62. The fourth-order valence-electron chi connectivity index (χ4n) is 4.41. The van der Waals surface area contributed by atoms with E-state index in [-0.39, 0.29) is 0 Å². The van der Waals surface area contributed by atoms with E-state index in [0.717, 1.165) is 10.8 Å². The zero-order chi connectivity index (χ0) is 15.3. The molecule has 0 fully saturated rings. The summed E-state index contributed by atoms with van der Waals surface area (Å²) < 4.78 is 0. The predicted octanol–water partition coefficient (Wildman–Crippen LogP) is 3.45. The molecule has 0 radical (unpaired) electrons. The molecule has 6 rings (SSSR count). The SMILES string of the molecule is OB(O)c1cc2ccc3ccc4ccc5ccc1c1c5c4c3c21. The van der Waals surface area contributed by atoms with Crippen molar-refractivity contribution in [2.24, 2.45) is 0 Å². The molecule has 0 amide bonds. The first-order valence-corrected chi connectivity index (χ1v) is 7.78. The van der Waals surface area contributed by atoms with Crippen molar-refractivity contribution in [3.05, 3.63) is 54.6 Å². The third-order valence-corrected chi connectivity index (χ3v) is 5.33. The molecule has 2 nitrogen and oxygen atoms in total. The molecule has 0 spiro atoms. The summed E-state index contributed by atoms with van der Waals surface area (Å²) in [4.78, 5) is 0. The zero-order valence-corrected chi connectivity index (χ0v) is 12.2. The molecule has 0 aliphatic heterocycles. The lowest BCUT2D eigenvalue weighted by molar-refractivity contribution is 0.426. The van der Waals surface area contributed by atoms with Crippen molar-refractivity contribution in [3.8, 4) is 0 Å². The number of hydrogen-bond donors (Lipinski definition) is 2. The van der Waals surface area contributed by atoms with E-state index < -0.39 is 7.12 Å². The molecule has 0 aromatic heterocycles. The van der Waals surface area contributed by atoms with Crippen LogP contribution in [0.5, 0.6) is 0 Å². The van der Waals surface area contributed by atoms with Gasteiger partial charge in [-0.1, -0.05) is 54.6 Å². The van der Waals surface area contributed by atoms with Gasteiger partial charge in [0, 0.05) is 0 Å². The Morgan fingerprint density at radius 3 is 1.52 bits per heavy atom. The summed E-state index contributed by atoms with van der Waals surface area (Å²) in [7, 11) is -1.46. The molecule has 6 aromatic rings. The Morgan fingerprint density at radius 2 is 0.957 bits per heavy atom. The van der Waals surface area contributed by atoms with Gasteiger partial charge in [-0.25, -0.2) is 0 Å². The van der Waals surface area contributed by atoms with Crippen molar-refractivity contribution >= 4 is 66.4 Å². The predicted molar refractivity (Wildman–Crippen MR) is 97.4 cm³/mol. The van der Waals surface area contributed by atoms with Gasteiger partial charge in [0.15, 0.2) is 0 Å². The third-order valence-electron chi connectivity index (χ3n) is 5.33. The average Bonchev–Trinajstić information content (AvgIpc) is 2.94. The van der Waals surface area contributed by atoms with Crippen molar-refractivity contribution in [3.63, 3.8) is 0 Å². The smallest absolute Gasteiger partial charge is 0.423 e. The van der Waals surface area contributed by atoms with Gasteiger partial charge < -0.3 is 10.0 Å². The Labute approximate surface area is 131 Å². The Morgan fingerprint density at radius 1 is 0.522 bits per heavy atom. The lowest BCUT2D eigenvalue weighted by atomic mass is 9.75. The molecule has 0 heterocycles. The van der Waals surface area contributed by atoms with Gasteiger partial charge in [-0.05, 0) is 59.3 Å². The molecule has 0 atom stereocenters. The third kappa shape index (κ3) is 1.22. The van der Waals surface area contributed by atoms with Gasteiger partial charge in [0.05, 0.1) is 0 Å². The van der Waals surface area contributed by atoms with Crippen LogP contribution in [0.25, 0.3) is 53.9 Å². The molecular formula is C20H11BO2. The summed E-state index contributed by atoms with van der Waals surface area (Å²) in [6.45, 7) is 0. The first kappa shape index (κ1) is 11.9. The summed E-state index contributed by atoms with van der Waals surface area (Å²) in [5, 5.41) is 31.6. The highest BCUT2D eigenvalue weighted by Crippen LogP contribution is 2.47. The van der Waals surface area contributed by atoms with Crippen molar-refractivity contribution in [2.75, 3.05) is 0 Å². The van der Waals surface area contributed by atoms with Crippen LogP contribution in [-0.2, 0) is 0 Å². The van der Waals surface area contributed by atoms with E-state index in [1.807, 2.05) is 12.1 Å². The second-order valence-electron chi connectivity index (χ2n) is 6.42. The summed E-state index contributed by atoms with van der Waals surface area (Å²) in [6.07, 6.45) is 0. The standard InChI is InChI=1S/C20H11BO2/c22-21(23)15-9-13-6-5-11-2-1-10-3-4-12-7-8-14(15)20-18(12)16(10)17(11)19(13)20/h1-9,22-23H. The van der Waals surface area contributed by atoms with Crippen LogP contribution >= 0.6 is 0 Å². The highest BCUT2D eigenvalue weighted by molar-refractivity contribution is 6.64. The Balaban J connectivity index is 2.13. The van der Waals surface area contributed by atoms with Gasteiger partial charge in [0.2, 0.25) is 0 Å². The maximum Gasteiger partial charge on any atom is 0.489 e. The van der Waals surface area contributed by atoms with E-state index in [9.17, 15) is 10.0 Å². The van der Waals surface area contributed by atoms with Crippen LogP contribution in [-0.4, -0.2) is 17.2 Å². The van der Waals surface area contributed by atoms with Crippen LogP contribution in [0.1, 0.15) is 0 Å². The lowest BCUT2D eigenvalue weighted by Crippen LogP contribution is -2.30. The summed E-state index contributed by atoms with van der Waals surface area (Å²) in [6, 6.07) is 18.9. The normalized spacial score (nSPS) is 12.8. The molecule has 0 bridgehead atoms. The lowest BCUT2D eigenvalue weighted by Gasteiger charge is -2.10. The van der Waals surface area contributed by atoms with Gasteiger partial charge in [-0.2, -0.15) is 0 Å². The summed E-state index contributed by atoms with van der Waals surface area (Å²) in [5.41, 5.74) is 0.582. The molecule has 2 N–H and O–H groups in total. The van der Waals surface area contributed by atoms with Gasteiger partial charge in [0.1, 0.15) is 0 Å². The van der Waals surface area contributed by atoms with Crippen molar-refractivity contribution in [1.82, 2.24) is 0 Å². The van der Waals surface area contributed by atoms with Crippen LogP contribution in [0.3, 0.4) is 0 Å². The average molecular weight is 294 g/mol. The van der Waals surface area contributed by atoms with Crippen molar-refractivity contribution < 1.29 is 10.0 Å². The van der Waals surface area contributed by atoms with Crippen molar-refractivity contribution in [2.45, 2.75) is 0 Å². The monoisotopic (exact) mass is 294 g/mol. The minimum Gasteiger partial charge on any atom is -0.423 e. The molecule has 0 saturated heterocycles. The molecular weight excluding hydrogens is 283 g/mol. The van der Waals surface area contributed by atoms with Gasteiger partial charge in [0.25, 0.3) is 0 Å². The molecule has 0 aliphatic carbocycles. The summed E-state index contributed by atoms with van der Waals surface area (Å²) in [5.74, 6) is 0. The van der Waals surface area contributed by atoms with E-state index >= 15 is 0 Å². The van der Waals surface area contributed by atoms with Gasteiger partial charge in [-0.3, -0.25) is 0 Å². The fourth-order valence-corrected chi connectivity index (χ4v) is 4.41. The second kappa shape index (κ2) is 3.65. The topological polar surface area (TPSA) is 40.5 Å². The Kier molecular flexibility index (Phi) is 1.89. The van der Waals surface area contributed by atoms with Crippen LogP contribution in [0.4, 0.5) is 0 Å². The molecule has 0 unspecified atom stereocenters. The maximum absolute atomic E-state index is 9.83. The minimum absolute atomic E-state index is 0.582. The first-order valence-electron chi connectivity index (χ1n) is 7.78. The van der Waals surface area contributed by atoms with Crippen LogP contribution < -0.4 is 5.46 Å². The van der Waals surface area contributed by atoms with Crippen LogP contribution in [0.15, 0.2) is 54.6 Å². The Bertz CT molecular complexity index is 1290.